The summed E-state index contributed by atoms with van der Waals surface area (Å²) in [5.41, 5.74) is 8.94. The van der Waals surface area contributed by atoms with Crippen LogP contribution in [0.25, 0.3) is 21.6 Å². The molecule has 0 bridgehead atoms. The van der Waals surface area contributed by atoms with Gasteiger partial charge in [-0.1, -0.05) is 41.9 Å². The van der Waals surface area contributed by atoms with Crippen LogP contribution in [0.1, 0.15) is 20.9 Å². The number of carbonyl (C=O) groups is 1. The second-order valence-corrected chi connectivity index (χ2v) is 7.30. The number of hydrogen-bond donors (Lipinski definition) is 1. The maximum Gasteiger partial charge on any atom is 0.205 e. The smallest absolute Gasteiger partial charge is 0.205 e. The number of aromatic nitrogens is 2. The number of thiophene rings is 1. The number of halogens is 1. The molecule has 0 unspecified atom stereocenters. The molecule has 0 fully saturated rings. The van der Waals surface area contributed by atoms with E-state index < -0.39 is 0 Å². The molecule has 26 heavy (non-hydrogen) atoms. The summed E-state index contributed by atoms with van der Waals surface area (Å²) in [6.07, 6.45) is 0. The van der Waals surface area contributed by atoms with E-state index in [2.05, 4.69) is 9.97 Å². The summed E-state index contributed by atoms with van der Waals surface area (Å²) in [5, 5.41) is 1.33. The minimum atomic E-state index is -0.136. The minimum absolute atomic E-state index is 0.136. The third-order valence-corrected chi connectivity index (χ3v) is 5.46. The fourth-order valence-corrected chi connectivity index (χ4v) is 4.05. The van der Waals surface area contributed by atoms with Crippen LogP contribution in [0.4, 0.5) is 5.69 Å². The van der Waals surface area contributed by atoms with Crippen molar-refractivity contribution >= 4 is 44.6 Å². The summed E-state index contributed by atoms with van der Waals surface area (Å²) < 4.78 is 0. The lowest BCUT2D eigenvalue weighted by Gasteiger charge is -2.03. The van der Waals surface area contributed by atoms with Gasteiger partial charge < -0.3 is 5.73 Å². The Bertz CT molecular complexity index is 1120. The normalized spacial score (nSPS) is 11.0. The number of rotatable bonds is 3. The Morgan fingerprint density at radius 3 is 2.42 bits per heavy atom. The maximum atomic E-state index is 12.9. The zero-order valence-corrected chi connectivity index (χ0v) is 15.4. The average molecular weight is 380 g/mol. The van der Waals surface area contributed by atoms with Gasteiger partial charge in [0.05, 0.1) is 16.8 Å². The molecule has 0 aliphatic rings. The molecule has 6 heteroatoms. The molecule has 0 aliphatic carbocycles. The van der Waals surface area contributed by atoms with E-state index >= 15 is 0 Å². The Kier molecular flexibility index (Phi) is 4.18. The first-order valence-electron chi connectivity index (χ1n) is 7.97. The topological polar surface area (TPSA) is 68.9 Å². The highest BCUT2D eigenvalue weighted by Crippen LogP contribution is 2.36. The summed E-state index contributed by atoms with van der Waals surface area (Å²) in [6, 6.07) is 16.5. The van der Waals surface area contributed by atoms with E-state index in [9.17, 15) is 4.79 Å². The standard InChI is InChI=1S/C20H14ClN3OS/c1-11-15-16(22)18(17(25)12-7-9-14(21)10-8-12)26-20(15)24-19(23-11)13-5-3-2-4-6-13/h2-10H,22H2,1H3. The summed E-state index contributed by atoms with van der Waals surface area (Å²) in [5.74, 6) is 0.491. The van der Waals surface area contributed by atoms with Gasteiger partial charge in [0, 0.05) is 16.1 Å². The number of carbonyl (C=O) groups excluding carboxylic acids is 1. The van der Waals surface area contributed by atoms with Gasteiger partial charge >= 0.3 is 0 Å². The van der Waals surface area contributed by atoms with E-state index in [4.69, 9.17) is 17.3 Å². The largest absolute Gasteiger partial charge is 0.397 e. The van der Waals surface area contributed by atoms with E-state index in [1.807, 2.05) is 37.3 Å². The first kappa shape index (κ1) is 16.7. The van der Waals surface area contributed by atoms with Crippen molar-refractivity contribution in [2.45, 2.75) is 6.92 Å². The van der Waals surface area contributed by atoms with Crippen LogP contribution in [-0.2, 0) is 0 Å². The van der Waals surface area contributed by atoms with Gasteiger partial charge in [-0.3, -0.25) is 4.79 Å². The zero-order valence-electron chi connectivity index (χ0n) is 13.9. The Hall–Kier alpha value is -2.76. The molecule has 128 valence electrons. The molecular weight excluding hydrogens is 366 g/mol. The summed E-state index contributed by atoms with van der Waals surface area (Å²) in [7, 11) is 0. The Morgan fingerprint density at radius 2 is 1.73 bits per heavy atom. The molecule has 2 heterocycles. The average Bonchev–Trinajstić information content (AvgIpc) is 2.99. The molecule has 2 N–H and O–H groups in total. The molecule has 0 saturated heterocycles. The second-order valence-electron chi connectivity index (χ2n) is 5.86. The van der Waals surface area contributed by atoms with Gasteiger partial charge in [-0.15, -0.1) is 11.3 Å². The quantitative estimate of drug-likeness (QED) is 0.501. The van der Waals surface area contributed by atoms with E-state index in [-0.39, 0.29) is 5.78 Å². The number of ketones is 1. The third kappa shape index (κ3) is 2.85. The van der Waals surface area contributed by atoms with Crippen LogP contribution in [0.3, 0.4) is 0 Å². The fraction of sp³-hybridized carbons (Fsp3) is 0.0500. The predicted molar refractivity (Wildman–Crippen MR) is 107 cm³/mol. The monoisotopic (exact) mass is 379 g/mol. The number of nitrogen functional groups attached to an aromatic ring is 1. The molecule has 0 atom stereocenters. The van der Waals surface area contributed by atoms with Crippen LogP contribution in [-0.4, -0.2) is 15.8 Å². The molecule has 4 rings (SSSR count). The van der Waals surface area contributed by atoms with Crippen molar-refractivity contribution in [3.05, 3.63) is 75.8 Å². The first-order chi connectivity index (χ1) is 12.5. The first-order valence-corrected chi connectivity index (χ1v) is 9.16. The van der Waals surface area contributed by atoms with Crippen molar-refractivity contribution < 1.29 is 4.79 Å². The molecule has 0 spiro atoms. The van der Waals surface area contributed by atoms with Gasteiger partial charge in [-0.2, -0.15) is 0 Å². The molecule has 0 amide bonds. The van der Waals surface area contributed by atoms with E-state index in [0.717, 1.165) is 16.6 Å². The van der Waals surface area contributed by atoms with Crippen molar-refractivity contribution in [3.63, 3.8) is 0 Å². The summed E-state index contributed by atoms with van der Waals surface area (Å²) >= 11 is 7.20. The second kappa shape index (κ2) is 6.52. The summed E-state index contributed by atoms with van der Waals surface area (Å²) in [4.78, 5) is 23.3. The molecule has 0 saturated carbocycles. The fourth-order valence-electron chi connectivity index (χ4n) is 2.81. The zero-order chi connectivity index (χ0) is 18.3. The summed E-state index contributed by atoms with van der Waals surface area (Å²) in [6.45, 7) is 1.88. The van der Waals surface area contributed by atoms with Gasteiger partial charge in [0.1, 0.15) is 9.71 Å². The highest BCUT2D eigenvalue weighted by molar-refractivity contribution is 7.21. The van der Waals surface area contributed by atoms with Crippen molar-refractivity contribution in [1.82, 2.24) is 9.97 Å². The van der Waals surface area contributed by atoms with Crippen LogP contribution < -0.4 is 5.73 Å². The van der Waals surface area contributed by atoms with Crippen LogP contribution in [0.2, 0.25) is 5.02 Å². The van der Waals surface area contributed by atoms with E-state index in [1.54, 1.807) is 24.3 Å². The number of nitrogens with two attached hydrogens (primary N) is 1. The Balaban J connectivity index is 1.85. The van der Waals surface area contributed by atoms with Crippen LogP contribution >= 0.6 is 22.9 Å². The van der Waals surface area contributed by atoms with Gasteiger partial charge in [0.15, 0.2) is 5.82 Å². The maximum absolute atomic E-state index is 12.9. The van der Waals surface area contributed by atoms with Gasteiger partial charge in [0.2, 0.25) is 5.78 Å². The van der Waals surface area contributed by atoms with Crippen molar-refractivity contribution in [1.29, 1.82) is 0 Å². The molecule has 4 aromatic rings. The van der Waals surface area contributed by atoms with Crippen molar-refractivity contribution in [2.75, 3.05) is 5.73 Å². The number of fused-ring (bicyclic) bond motifs is 1. The van der Waals surface area contributed by atoms with Crippen LogP contribution in [0.5, 0.6) is 0 Å². The Labute approximate surface area is 159 Å². The molecular formula is C20H14ClN3OS. The van der Waals surface area contributed by atoms with E-state index in [1.165, 1.54) is 11.3 Å². The molecule has 0 aliphatic heterocycles. The minimum Gasteiger partial charge on any atom is -0.397 e. The predicted octanol–water partition coefficient (Wildman–Crippen LogP) is 5.13. The highest BCUT2D eigenvalue weighted by Gasteiger charge is 2.21. The van der Waals surface area contributed by atoms with E-state index in [0.29, 0.717) is 31.8 Å². The van der Waals surface area contributed by atoms with Gasteiger partial charge in [0.25, 0.3) is 0 Å². The van der Waals surface area contributed by atoms with Crippen molar-refractivity contribution in [2.24, 2.45) is 0 Å². The number of nitrogens with zero attached hydrogens (tertiary/aromatic N) is 2. The van der Waals surface area contributed by atoms with Crippen molar-refractivity contribution in [3.8, 4) is 11.4 Å². The van der Waals surface area contributed by atoms with Gasteiger partial charge in [-0.25, -0.2) is 9.97 Å². The molecule has 2 aromatic carbocycles. The Morgan fingerprint density at radius 1 is 1.04 bits per heavy atom. The third-order valence-electron chi connectivity index (χ3n) is 4.11. The highest BCUT2D eigenvalue weighted by atomic mass is 35.5. The lowest BCUT2D eigenvalue weighted by molar-refractivity contribution is 0.104. The molecule has 0 radical (unpaired) electrons. The van der Waals surface area contributed by atoms with Crippen LogP contribution in [0.15, 0.2) is 54.6 Å². The number of benzene rings is 2. The molecule has 4 nitrogen and oxygen atoms in total. The number of aryl methyl sites for hydroxylation is 1. The molecule has 2 aromatic heterocycles. The lowest BCUT2D eigenvalue weighted by atomic mass is 10.1. The van der Waals surface area contributed by atoms with Gasteiger partial charge in [-0.05, 0) is 31.2 Å². The lowest BCUT2D eigenvalue weighted by Crippen LogP contribution is -2.02. The number of hydrogen-bond acceptors (Lipinski definition) is 5. The van der Waals surface area contributed by atoms with Crippen LogP contribution in [0, 0.1) is 6.92 Å². The number of anilines is 1. The SMILES string of the molecule is Cc1nc(-c2ccccc2)nc2sc(C(=O)c3ccc(Cl)cc3)c(N)c12.